The van der Waals surface area contributed by atoms with Gasteiger partial charge in [-0.25, -0.2) is 5.43 Å². The van der Waals surface area contributed by atoms with Crippen LogP contribution in [0.5, 0.6) is 5.75 Å². The van der Waals surface area contributed by atoms with Crippen LogP contribution in [0.15, 0.2) is 24.3 Å². The molecule has 3 fully saturated rings. The Balaban J connectivity index is 1.39. The molecular formula is C20H27N5O3. The van der Waals surface area contributed by atoms with Crippen molar-refractivity contribution in [2.75, 3.05) is 33.4 Å². The zero-order valence-electron chi connectivity index (χ0n) is 16.1. The highest BCUT2D eigenvalue weighted by molar-refractivity contribution is 5.83. The second-order valence-electron chi connectivity index (χ2n) is 7.86. The van der Waals surface area contributed by atoms with Gasteiger partial charge in [-0.3, -0.25) is 10.2 Å². The number of fused-ring (bicyclic) bond motifs is 1. The minimum Gasteiger partial charge on any atom is -0.488 e. The van der Waals surface area contributed by atoms with Crippen LogP contribution < -0.4 is 20.9 Å². The number of rotatable bonds is 4. The minimum atomic E-state index is -0.259. The Hall–Kier alpha value is -2.18. The Labute approximate surface area is 165 Å². The van der Waals surface area contributed by atoms with Gasteiger partial charge in [0.2, 0.25) is 5.91 Å². The molecule has 5 atom stereocenters. The SMILES string of the molecule is CN1CCC2NNC(C(=O)N[C@@H]3COCC[C@H]3Oc3ccc(C#N)cc3)C2C1. The second-order valence-corrected chi connectivity index (χ2v) is 7.86. The number of hydrazine groups is 1. The Morgan fingerprint density at radius 2 is 2.14 bits per heavy atom. The summed E-state index contributed by atoms with van der Waals surface area (Å²) in [5.74, 6) is 0.931. The third kappa shape index (κ3) is 4.13. The number of hydrogen-bond donors (Lipinski definition) is 3. The number of likely N-dealkylation sites (tertiary alicyclic amines) is 1. The van der Waals surface area contributed by atoms with Gasteiger partial charge in [-0.1, -0.05) is 0 Å². The van der Waals surface area contributed by atoms with Gasteiger partial charge >= 0.3 is 0 Å². The molecule has 3 unspecified atom stereocenters. The van der Waals surface area contributed by atoms with E-state index in [1.54, 1.807) is 24.3 Å². The van der Waals surface area contributed by atoms with Crippen molar-refractivity contribution in [3.05, 3.63) is 29.8 Å². The predicted molar refractivity (Wildman–Crippen MR) is 102 cm³/mol. The van der Waals surface area contributed by atoms with Gasteiger partial charge in [-0.05, 0) is 44.3 Å². The molecule has 3 saturated heterocycles. The first-order chi connectivity index (χ1) is 13.6. The molecule has 3 aliphatic heterocycles. The van der Waals surface area contributed by atoms with E-state index in [1.807, 2.05) is 0 Å². The van der Waals surface area contributed by atoms with E-state index in [-0.39, 0.29) is 30.0 Å². The molecule has 0 aliphatic carbocycles. The number of nitriles is 1. The number of amides is 1. The predicted octanol–water partition coefficient (Wildman–Crippen LogP) is 0.00748. The summed E-state index contributed by atoms with van der Waals surface area (Å²) in [6.07, 6.45) is 1.58. The maximum absolute atomic E-state index is 13.0. The first-order valence-corrected chi connectivity index (χ1v) is 9.88. The number of nitrogens with one attached hydrogen (secondary N) is 3. The summed E-state index contributed by atoms with van der Waals surface area (Å²) in [5, 5.41) is 12.1. The summed E-state index contributed by atoms with van der Waals surface area (Å²) >= 11 is 0. The fourth-order valence-electron chi connectivity index (χ4n) is 4.28. The van der Waals surface area contributed by atoms with Crippen LogP contribution in [0.1, 0.15) is 18.4 Å². The van der Waals surface area contributed by atoms with E-state index in [0.29, 0.717) is 37.0 Å². The number of carbonyl (C=O) groups is 1. The fraction of sp³-hybridized carbons (Fsp3) is 0.600. The van der Waals surface area contributed by atoms with Gasteiger partial charge in [-0.2, -0.15) is 5.26 Å². The molecule has 4 rings (SSSR count). The van der Waals surface area contributed by atoms with Crippen LogP contribution in [0.25, 0.3) is 0 Å². The van der Waals surface area contributed by atoms with E-state index in [4.69, 9.17) is 14.7 Å². The Kier molecular flexibility index (Phi) is 5.78. The summed E-state index contributed by atoms with van der Waals surface area (Å²) in [6, 6.07) is 9.01. The molecule has 8 nitrogen and oxygen atoms in total. The first-order valence-electron chi connectivity index (χ1n) is 9.88. The van der Waals surface area contributed by atoms with Crippen molar-refractivity contribution in [1.29, 1.82) is 5.26 Å². The molecular weight excluding hydrogens is 358 g/mol. The van der Waals surface area contributed by atoms with E-state index < -0.39 is 0 Å². The topological polar surface area (TPSA) is 98.7 Å². The molecule has 3 aliphatic rings. The molecule has 0 spiro atoms. The summed E-state index contributed by atoms with van der Waals surface area (Å²) < 4.78 is 11.7. The number of piperidine rings is 1. The van der Waals surface area contributed by atoms with Crippen LogP contribution in [-0.2, 0) is 9.53 Å². The van der Waals surface area contributed by atoms with Crippen LogP contribution in [0.4, 0.5) is 0 Å². The first kappa shape index (κ1) is 19.2. The lowest BCUT2D eigenvalue weighted by Gasteiger charge is -2.35. The highest BCUT2D eigenvalue weighted by Crippen LogP contribution is 2.24. The summed E-state index contributed by atoms with van der Waals surface area (Å²) in [7, 11) is 2.10. The smallest absolute Gasteiger partial charge is 0.239 e. The van der Waals surface area contributed by atoms with Crippen molar-refractivity contribution in [2.24, 2.45) is 5.92 Å². The van der Waals surface area contributed by atoms with Crippen molar-refractivity contribution < 1.29 is 14.3 Å². The van der Waals surface area contributed by atoms with Crippen molar-refractivity contribution in [3.8, 4) is 11.8 Å². The molecule has 1 aromatic rings. The van der Waals surface area contributed by atoms with E-state index in [0.717, 1.165) is 19.5 Å². The molecule has 150 valence electrons. The van der Waals surface area contributed by atoms with Crippen LogP contribution in [0.2, 0.25) is 0 Å². The largest absolute Gasteiger partial charge is 0.488 e. The highest BCUT2D eigenvalue weighted by atomic mass is 16.5. The third-order valence-electron chi connectivity index (χ3n) is 5.89. The number of ether oxygens (including phenoxy) is 2. The maximum atomic E-state index is 13.0. The van der Waals surface area contributed by atoms with Crippen LogP contribution in [0, 0.1) is 17.2 Å². The standard InChI is InChI=1S/C20H27N5O3/c1-25-8-6-16-15(11-25)19(24-23-16)20(26)22-17-12-27-9-7-18(17)28-14-4-2-13(10-21)3-5-14/h2-5,15-19,23-24H,6-9,11-12H2,1H3,(H,22,26)/t15?,16?,17-,18-,19?/m1/s1. The third-order valence-corrected chi connectivity index (χ3v) is 5.89. The lowest BCUT2D eigenvalue weighted by atomic mass is 9.88. The average molecular weight is 385 g/mol. The highest BCUT2D eigenvalue weighted by Gasteiger charge is 2.43. The molecule has 28 heavy (non-hydrogen) atoms. The Morgan fingerprint density at radius 3 is 2.93 bits per heavy atom. The molecule has 8 heteroatoms. The van der Waals surface area contributed by atoms with Crippen LogP contribution in [-0.4, -0.2) is 68.4 Å². The monoisotopic (exact) mass is 385 g/mol. The van der Waals surface area contributed by atoms with E-state index in [9.17, 15) is 4.79 Å². The van der Waals surface area contributed by atoms with Crippen LogP contribution in [0.3, 0.4) is 0 Å². The van der Waals surface area contributed by atoms with E-state index in [2.05, 4.69) is 34.2 Å². The Morgan fingerprint density at radius 1 is 1.32 bits per heavy atom. The van der Waals surface area contributed by atoms with Crippen molar-refractivity contribution in [2.45, 2.75) is 37.1 Å². The number of hydrogen-bond acceptors (Lipinski definition) is 7. The molecule has 0 aromatic heterocycles. The number of carbonyl (C=O) groups excluding carboxylic acids is 1. The number of nitrogens with zero attached hydrogens (tertiary/aromatic N) is 2. The maximum Gasteiger partial charge on any atom is 0.239 e. The molecule has 3 N–H and O–H groups in total. The summed E-state index contributed by atoms with van der Waals surface area (Å²) in [6.45, 7) is 2.98. The minimum absolute atomic E-state index is 0.0146. The average Bonchev–Trinajstić information content (AvgIpc) is 3.13. The van der Waals surface area contributed by atoms with Gasteiger partial charge in [0.25, 0.3) is 0 Å². The van der Waals surface area contributed by atoms with Gasteiger partial charge < -0.3 is 19.7 Å². The van der Waals surface area contributed by atoms with Crippen LogP contribution >= 0.6 is 0 Å². The molecule has 0 saturated carbocycles. The van der Waals surface area contributed by atoms with E-state index in [1.165, 1.54) is 0 Å². The summed E-state index contributed by atoms with van der Waals surface area (Å²) in [4.78, 5) is 15.3. The Bertz CT molecular complexity index is 734. The zero-order chi connectivity index (χ0) is 19.5. The molecule has 1 aromatic carbocycles. The van der Waals surface area contributed by atoms with Gasteiger partial charge in [0.15, 0.2) is 0 Å². The van der Waals surface area contributed by atoms with Gasteiger partial charge in [0.1, 0.15) is 17.9 Å². The molecule has 0 bridgehead atoms. The normalized spacial score (nSPS) is 32.9. The van der Waals surface area contributed by atoms with E-state index >= 15 is 0 Å². The fourth-order valence-corrected chi connectivity index (χ4v) is 4.28. The van der Waals surface area contributed by atoms with Crippen molar-refractivity contribution in [1.82, 2.24) is 21.1 Å². The second kappa shape index (κ2) is 8.45. The number of benzene rings is 1. The molecule has 1 amide bonds. The lowest BCUT2D eigenvalue weighted by Crippen LogP contribution is -2.57. The zero-order valence-corrected chi connectivity index (χ0v) is 16.1. The van der Waals surface area contributed by atoms with Gasteiger partial charge in [-0.15, -0.1) is 0 Å². The molecule has 3 heterocycles. The quantitative estimate of drug-likeness (QED) is 0.671. The van der Waals surface area contributed by atoms with Gasteiger partial charge in [0, 0.05) is 24.9 Å². The molecule has 0 radical (unpaired) electrons. The lowest BCUT2D eigenvalue weighted by molar-refractivity contribution is -0.127. The van der Waals surface area contributed by atoms with Crippen molar-refractivity contribution in [3.63, 3.8) is 0 Å². The van der Waals surface area contributed by atoms with Gasteiger partial charge in [0.05, 0.1) is 30.9 Å². The summed E-state index contributed by atoms with van der Waals surface area (Å²) in [5.41, 5.74) is 7.06. The van der Waals surface area contributed by atoms with Crippen molar-refractivity contribution >= 4 is 5.91 Å².